The smallest absolute Gasteiger partial charge is 0.410 e. The van der Waals surface area contributed by atoms with Gasteiger partial charge in [0.15, 0.2) is 0 Å². The van der Waals surface area contributed by atoms with E-state index in [0.29, 0.717) is 17.5 Å². The molecule has 12 heteroatoms. The van der Waals surface area contributed by atoms with Gasteiger partial charge in [0.25, 0.3) is 5.91 Å². The lowest BCUT2D eigenvalue weighted by atomic mass is 9.88. The molecule has 0 aromatic heterocycles. The maximum absolute atomic E-state index is 13.0. The molecule has 1 saturated heterocycles. The van der Waals surface area contributed by atoms with E-state index in [9.17, 15) is 22.8 Å². The van der Waals surface area contributed by atoms with Crippen LogP contribution >= 0.6 is 0 Å². The molecule has 2 amide bonds. The van der Waals surface area contributed by atoms with Crippen molar-refractivity contribution >= 4 is 17.7 Å². The lowest BCUT2D eigenvalue weighted by Crippen LogP contribution is -2.52. The van der Waals surface area contributed by atoms with Gasteiger partial charge in [0.2, 0.25) is 0 Å². The Hall–Kier alpha value is -4.29. The Kier molecular flexibility index (Phi) is 8.03. The summed E-state index contributed by atoms with van der Waals surface area (Å²) in [5.74, 6) is -0.861. The van der Waals surface area contributed by atoms with Gasteiger partial charge in [-0.25, -0.2) is 4.79 Å². The fourth-order valence-corrected chi connectivity index (χ4v) is 4.21. The Bertz CT molecular complexity index is 1240. The quantitative estimate of drug-likeness (QED) is 0.386. The van der Waals surface area contributed by atoms with Crippen molar-refractivity contribution in [3.8, 4) is 11.5 Å². The second-order valence-electron chi connectivity index (χ2n) is 8.64. The van der Waals surface area contributed by atoms with Crippen LogP contribution in [0.4, 0.5) is 23.7 Å². The van der Waals surface area contributed by atoms with Gasteiger partial charge in [-0.2, -0.15) is 0 Å². The van der Waals surface area contributed by atoms with Crippen LogP contribution in [0.2, 0.25) is 0 Å². The average Bonchev–Trinajstić information content (AvgIpc) is 2.89. The molecule has 1 aliphatic rings. The minimum absolute atomic E-state index is 0.0597. The summed E-state index contributed by atoms with van der Waals surface area (Å²) in [6, 6.07) is 18.9. The first-order chi connectivity index (χ1) is 18.1. The van der Waals surface area contributed by atoms with Gasteiger partial charge in [-0.05, 0) is 60.5 Å². The van der Waals surface area contributed by atoms with Crippen molar-refractivity contribution < 1.29 is 42.6 Å². The Morgan fingerprint density at radius 3 is 2.13 bits per heavy atom. The van der Waals surface area contributed by atoms with Crippen molar-refractivity contribution in [2.45, 2.75) is 24.7 Å². The number of piperidine rings is 1. The molecule has 2 atom stereocenters. The number of anilines is 1. The molecule has 2 unspecified atom stereocenters. The Labute approximate surface area is 215 Å². The summed E-state index contributed by atoms with van der Waals surface area (Å²) in [6.45, 7) is 0.331. The molecule has 3 N–H and O–H groups in total. The van der Waals surface area contributed by atoms with E-state index in [2.05, 4.69) is 10.1 Å². The fourth-order valence-electron chi connectivity index (χ4n) is 4.21. The minimum atomic E-state index is -4.81. The zero-order valence-electron chi connectivity index (χ0n) is 19.8. The van der Waals surface area contributed by atoms with E-state index in [0.717, 1.165) is 0 Å². The van der Waals surface area contributed by atoms with Crippen molar-refractivity contribution in [2.75, 3.05) is 18.3 Å². The van der Waals surface area contributed by atoms with E-state index in [1.54, 1.807) is 30.3 Å². The molecule has 0 saturated carbocycles. The number of hydrogen-bond acceptors (Lipinski definition) is 7. The molecular formula is C26H24F3N3O6. The lowest BCUT2D eigenvalue weighted by Gasteiger charge is -2.37. The minimum Gasteiger partial charge on any atom is -0.410 e. The van der Waals surface area contributed by atoms with E-state index >= 15 is 0 Å². The highest BCUT2D eigenvalue weighted by molar-refractivity contribution is 5.94. The summed E-state index contributed by atoms with van der Waals surface area (Å²) < 4.78 is 47.0. The van der Waals surface area contributed by atoms with Crippen LogP contribution in [0.1, 0.15) is 28.3 Å². The summed E-state index contributed by atoms with van der Waals surface area (Å²) in [5, 5.41) is 21.0. The van der Waals surface area contributed by atoms with E-state index in [-0.39, 0.29) is 47.3 Å². The number of halogens is 3. The standard InChI is InChI=1S/C26H24F3N3O6/c27-26(28,29)38-23-10-6-17(7-11-23)19-14-20(30-24(33)18-4-2-1-3-5-18)16-31(15-19)25(34)37-22-12-8-21(9-13-22)32(35)36/h1-13,19-20,35-36H,14-16H2,(H,30,33). The maximum atomic E-state index is 13.0. The van der Waals surface area contributed by atoms with Crippen LogP contribution in [0.25, 0.3) is 0 Å². The van der Waals surface area contributed by atoms with Crippen LogP contribution in [0.5, 0.6) is 11.5 Å². The summed E-state index contributed by atoms with van der Waals surface area (Å²) in [7, 11) is 0. The van der Waals surface area contributed by atoms with Gasteiger partial charge in [-0.1, -0.05) is 30.3 Å². The van der Waals surface area contributed by atoms with E-state index < -0.39 is 18.5 Å². The monoisotopic (exact) mass is 531 g/mol. The highest BCUT2D eigenvalue weighted by atomic mass is 19.4. The predicted octanol–water partition coefficient (Wildman–Crippen LogP) is 4.96. The summed E-state index contributed by atoms with van der Waals surface area (Å²) >= 11 is 0. The predicted molar refractivity (Wildman–Crippen MR) is 128 cm³/mol. The van der Waals surface area contributed by atoms with Crippen LogP contribution in [0, 0.1) is 0 Å². The van der Waals surface area contributed by atoms with Crippen molar-refractivity contribution in [1.82, 2.24) is 10.2 Å². The normalized spacial score (nSPS) is 17.4. The zero-order chi connectivity index (χ0) is 27.3. The van der Waals surface area contributed by atoms with Crippen molar-refractivity contribution in [2.24, 2.45) is 0 Å². The molecule has 1 fully saturated rings. The third kappa shape index (κ3) is 7.14. The third-order valence-corrected chi connectivity index (χ3v) is 5.94. The van der Waals surface area contributed by atoms with Crippen LogP contribution in [-0.2, 0) is 0 Å². The first-order valence-electron chi connectivity index (χ1n) is 11.5. The number of rotatable bonds is 6. The number of ether oxygens (including phenoxy) is 2. The lowest BCUT2D eigenvalue weighted by molar-refractivity contribution is -0.274. The third-order valence-electron chi connectivity index (χ3n) is 5.94. The number of nitrogens with zero attached hydrogens (tertiary/aromatic N) is 2. The molecule has 3 aromatic carbocycles. The Balaban J connectivity index is 1.51. The maximum Gasteiger partial charge on any atom is 0.573 e. The molecule has 4 rings (SSSR count). The zero-order valence-corrected chi connectivity index (χ0v) is 19.8. The second kappa shape index (κ2) is 11.4. The van der Waals surface area contributed by atoms with Crippen molar-refractivity contribution in [3.05, 3.63) is 90.0 Å². The molecule has 0 radical (unpaired) electrons. The number of nitrogens with one attached hydrogen (secondary N) is 1. The average molecular weight is 531 g/mol. The van der Waals surface area contributed by atoms with Gasteiger partial charge < -0.3 is 19.7 Å². The molecule has 38 heavy (non-hydrogen) atoms. The molecule has 0 bridgehead atoms. The molecule has 3 aromatic rings. The first kappa shape index (κ1) is 26.8. The number of carbonyl (C=O) groups is 2. The summed E-state index contributed by atoms with van der Waals surface area (Å²) in [5.41, 5.74) is 1.16. The summed E-state index contributed by atoms with van der Waals surface area (Å²) in [4.78, 5) is 27.2. The SMILES string of the molecule is O=C(NC1CC(c2ccc(OC(F)(F)F)cc2)CN(C(=O)Oc2ccc(N(O)O)cc2)C1)c1ccccc1. The Morgan fingerprint density at radius 1 is 0.895 bits per heavy atom. The van der Waals surface area contributed by atoms with E-state index in [1.165, 1.54) is 53.4 Å². The van der Waals surface area contributed by atoms with Crippen molar-refractivity contribution in [1.29, 1.82) is 0 Å². The van der Waals surface area contributed by atoms with E-state index in [1.807, 2.05) is 0 Å². The van der Waals surface area contributed by atoms with E-state index in [4.69, 9.17) is 15.2 Å². The van der Waals surface area contributed by atoms with Crippen molar-refractivity contribution in [3.63, 3.8) is 0 Å². The number of likely N-dealkylation sites (tertiary alicyclic amines) is 1. The van der Waals surface area contributed by atoms with Gasteiger partial charge in [0, 0.05) is 30.6 Å². The van der Waals surface area contributed by atoms with Crippen LogP contribution < -0.4 is 20.0 Å². The highest BCUT2D eigenvalue weighted by Gasteiger charge is 2.34. The number of amides is 2. The first-order valence-corrected chi connectivity index (χ1v) is 11.5. The highest BCUT2D eigenvalue weighted by Crippen LogP contribution is 2.31. The number of alkyl halides is 3. The van der Waals surface area contributed by atoms with Crippen LogP contribution in [0.3, 0.4) is 0 Å². The van der Waals surface area contributed by atoms with Crippen LogP contribution in [0.15, 0.2) is 78.9 Å². The Morgan fingerprint density at radius 2 is 1.53 bits per heavy atom. The van der Waals surface area contributed by atoms with Gasteiger partial charge >= 0.3 is 12.5 Å². The van der Waals surface area contributed by atoms with Gasteiger partial charge in [0.1, 0.15) is 11.5 Å². The molecule has 9 nitrogen and oxygen atoms in total. The van der Waals surface area contributed by atoms with Gasteiger partial charge in [0.05, 0.1) is 5.69 Å². The summed E-state index contributed by atoms with van der Waals surface area (Å²) in [6.07, 6.45) is -5.09. The molecule has 1 aliphatic heterocycles. The molecular weight excluding hydrogens is 507 g/mol. The molecule has 200 valence electrons. The topological polar surface area (TPSA) is 112 Å². The second-order valence-corrected chi connectivity index (χ2v) is 8.64. The largest absolute Gasteiger partial charge is 0.573 e. The molecule has 1 heterocycles. The number of hydrogen-bond donors (Lipinski definition) is 3. The number of benzene rings is 3. The number of carbonyl (C=O) groups excluding carboxylic acids is 2. The van der Waals surface area contributed by atoms with Gasteiger partial charge in [-0.15, -0.1) is 18.4 Å². The van der Waals surface area contributed by atoms with Crippen LogP contribution in [-0.4, -0.2) is 52.8 Å². The van der Waals surface area contributed by atoms with Gasteiger partial charge in [-0.3, -0.25) is 15.2 Å². The molecule has 0 spiro atoms. The fraction of sp³-hybridized carbons (Fsp3) is 0.231. The molecule has 0 aliphatic carbocycles.